The van der Waals surface area contributed by atoms with Gasteiger partial charge in [-0.25, -0.2) is 0 Å². The first-order valence-electron chi connectivity index (χ1n) is 1.92. The molecule has 0 fully saturated rings. The van der Waals surface area contributed by atoms with Crippen molar-refractivity contribution in [2.24, 2.45) is 0 Å². The maximum absolute atomic E-state index is 9.78. The van der Waals surface area contributed by atoms with Crippen molar-refractivity contribution in [1.29, 1.82) is 0 Å². The van der Waals surface area contributed by atoms with Gasteiger partial charge in [0, 0.05) is 0 Å². The van der Waals surface area contributed by atoms with Crippen molar-refractivity contribution in [1.82, 2.24) is 0 Å². The molecule has 0 amide bonds. The molecule has 0 aliphatic heterocycles. The maximum atomic E-state index is 9.78. The van der Waals surface area contributed by atoms with Crippen LogP contribution in [0, 0.1) is 5.75 Å². The zero-order valence-corrected chi connectivity index (χ0v) is 5.09. The molecule has 0 aromatic carbocycles. The minimum Gasteiger partial charge on any atom is -0.392 e. The summed E-state index contributed by atoms with van der Waals surface area (Å²) < 4.78 is 27.5. The van der Waals surface area contributed by atoms with Crippen LogP contribution < -0.4 is 0 Å². The molecule has 0 aromatic heterocycles. The van der Waals surface area contributed by atoms with Crippen LogP contribution in [-0.2, 0) is 10.1 Å². The second-order valence-electron chi connectivity index (χ2n) is 1.39. The molecule has 0 bridgehead atoms. The van der Waals surface area contributed by atoms with Crippen LogP contribution in [0.15, 0.2) is 0 Å². The second-order valence-corrected chi connectivity index (χ2v) is 2.69. The molecule has 0 heterocycles. The molecule has 4 nitrogen and oxygen atoms in total. The van der Waals surface area contributed by atoms with E-state index in [1.54, 1.807) is 0 Å². The van der Waals surface area contributed by atoms with Gasteiger partial charge in [0.15, 0.2) is 0 Å². The van der Waals surface area contributed by atoms with Crippen molar-refractivity contribution in [3.63, 3.8) is 0 Å². The Morgan fingerprint density at radius 1 is 1.62 bits per heavy atom. The van der Waals surface area contributed by atoms with Crippen molar-refractivity contribution in [3.8, 4) is 0 Å². The third kappa shape index (κ3) is 5.87. The minimum absolute atomic E-state index is 0.438. The normalized spacial score (nSPS) is 15.9. The average Bonchev–Trinajstić information content (AvgIpc) is 1.21. The van der Waals surface area contributed by atoms with Gasteiger partial charge in [0.05, 0.1) is 6.10 Å². The summed E-state index contributed by atoms with van der Waals surface area (Å²) in [7, 11) is -4.10. The number of aliphatic hydroxyl groups is 1. The highest BCUT2D eigenvalue weighted by Crippen LogP contribution is 1.93. The first kappa shape index (κ1) is 7.87. The summed E-state index contributed by atoms with van der Waals surface area (Å²) in [5, 5.41) is 8.29. The summed E-state index contributed by atoms with van der Waals surface area (Å²) in [6, 6.07) is 0. The molecule has 0 saturated heterocycles. The summed E-state index contributed by atoms with van der Waals surface area (Å²) in [5.74, 6) is 0.438. The predicted octanol–water partition coefficient (Wildman–Crippen LogP) is -0.583. The molecule has 0 rings (SSSR count). The summed E-state index contributed by atoms with van der Waals surface area (Å²) in [6.45, 7) is 1.23. The fourth-order valence-corrected chi connectivity index (χ4v) is 0.747. The summed E-state index contributed by atoms with van der Waals surface area (Å²) in [6.07, 6.45) is -1.12. The van der Waals surface area contributed by atoms with Crippen LogP contribution in [0.3, 0.4) is 0 Å². The largest absolute Gasteiger partial charge is 0.392 e. The van der Waals surface area contributed by atoms with Gasteiger partial charge in [-0.15, -0.1) is 0 Å². The third-order valence-corrected chi connectivity index (χ3v) is 1.11. The van der Waals surface area contributed by atoms with Crippen LogP contribution in [0.25, 0.3) is 0 Å². The number of aliphatic hydroxyl groups excluding tert-OH is 1. The lowest BCUT2D eigenvalue weighted by atomic mass is 10.5. The molecule has 0 aliphatic carbocycles. The van der Waals surface area contributed by atoms with Gasteiger partial charge >= 0.3 is 0 Å². The highest BCUT2D eigenvalue weighted by Gasteiger charge is 2.08. The van der Waals surface area contributed by atoms with Gasteiger partial charge < -0.3 is 5.11 Å². The highest BCUT2D eigenvalue weighted by molar-refractivity contribution is 7.87. The zero-order chi connectivity index (χ0) is 6.78. The van der Waals surface area contributed by atoms with Crippen LogP contribution in [0.1, 0.15) is 6.92 Å². The maximum Gasteiger partial charge on any atom is 0.271 e. The fourth-order valence-electron chi connectivity index (χ4n) is 0.249. The Hall–Kier alpha value is -0.130. The lowest BCUT2D eigenvalue weighted by Gasteiger charge is -1.96. The molecular formula is C3H7O4S. The van der Waals surface area contributed by atoms with E-state index in [1.807, 2.05) is 0 Å². The van der Waals surface area contributed by atoms with Crippen molar-refractivity contribution >= 4 is 10.1 Å². The number of rotatable bonds is 2. The molecule has 1 atom stereocenters. The lowest BCUT2D eigenvalue weighted by Crippen LogP contribution is -2.09. The van der Waals surface area contributed by atoms with E-state index in [0.717, 1.165) is 0 Å². The Bertz CT molecular complexity index is 145. The Balaban J connectivity index is 3.75. The molecule has 8 heavy (non-hydrogen) atoms. The van der Waals surface area contributed by atoms with Gasteiger partial charge in [0.1, 0.15) is 5.75 Å². The standard InChI is InChI=1S/C3H7O4S/c1-3(4)2-8(5,6)7/h2-4H,1H3,(H,5,6,7). The van der Waals surface area contributed by atoms with E-state index in [9.17, 15) is 8.42 Å². The van der Waals surface area contributed by atoms with Gasteiger partial charge in [-0.2, -0.15) is 8.42 Å². The molecule has 1 unspecified atom stereocenters. The van der Waals surface area contributed by atoms with Crippen LogP contribution >= 0.6 is 0 Å². The molecule has 0 saturated carbocycles. The molecule has 1 radical (unpaired) electrons. The first-order chi connectivity index (χ1) is 3.42. The average molecular weight is 139 g/mol. The first-order valence-corrected chi connectivity index (χ1v) is 3.42. The molecular weight excluding hydrogens is 132 g/mol. The highest BCUT2D eigenvalue weighted by atomic mass is 32.2. The lowest BCUT2D eigenvalue weighted by molar-refractivity contribution is 0.234. The van der Waals surface area contributed by atoms with Gasteiger partial charge in [-0.05, 0) is 6.92 Å². The van der Waals surface area contributed by atoms with Gasteiger partial charge in [-0.1, -0.05) is 0 Å². The van der Waals surface area contributed by atoms with Crippen LogP contribution in [0.5, 0.6) is 0 Å². The summed E-state index contributed by atoms with van der Waals surface area (Å²) in [4.78, 5) is 0. The van der Waals surface area contributed by atoms with Crippen molar-refractivity contribution in [2.45, 2.75) is 13.0 Å². The molecule has 49 valence electrons. The molecule has 5 heteroatoms. The van der Waals surface area contributed by atoms with E-state index >= 15 is 0 Å². The van der Waals surface area contributed by atoms with E-state index in [0.29, 0.717) is 5.75 Å². The van der Waals surface area contributed by atoms with E-state index in [4.69, 9.17) is 9.66 Å². The van der Waals surface area contributed by atoms with Gasteiger partial charge in [0.25, 0.3) is 10.1 Å². The van der Waals surface area contributed by atoms with Gasteiger partial charge in [-0.3, -0.25) is 4.55 Å². The van der Waals surface area contributed by atoms with Crippen molar-refractivity contribution in [2.75, 3.05) is 0 Å². The Morgan fingerprint density at radius 2 is 2.00 bits per heavy atom. The SMILES string of the molecule is CC(O)[CH]S(=O)(=O)O. The molecule has 2 N–H and O–H groups in total. The third-order valence-electron chi connectivity index (χ3n) is 0.369. The van der Waals surface area contributed by atoms with E-state index in [-0.39, 0.29) is 0 Å². The smallest absolute Gasteiger partial charge is 0.271 e. The fraction of sp³-hybridized carbons (Fsp3) is 0.667. The predicted molar refractivity (Wildman–Crippen MR) is 27.5 cm³/mol. The Morgan fingerprint density at radius 3 is 2.00 bits per heavy atom. The van der Waals surface area contributed by atoms with E-state index in [1.165, 1.54) is 6.92 Å². The monoisotopic (exact) mass is 139 g/mol. The van der Waals surface area contributed by atoms with Crippen LogP contribution in [-0.4, -0.2) is 24.2 Å². The zero-order valence-electron chi connectivity index (χ0n) is 4.27. The Labute approximate surface area is 47.9 Å². The quantitative estimate of drug-likeness (QED) is 0.502. The van der Waals surface area contributed by atoms with Crippen molar-refractivity contribution in [3.05, 3.63) is 5.75 Å². The summed E-state index contributed by atoms with van der Waals surface area (Å²) in [5.41, 5.74) is 0. The molecule has 0 aromatic rings. The molecule has 0 spiro atoms. The van der Waals surface area contributed by atoms with Crippen LogP contribution in [0.2, 0.25) is 0 Å². The van der Waals surface area contributed by atoms with Crippen LogP contribution in [0.4, 0.5) is 0 Å². The van der Waals surface area contributed by atoms with Gasteiger partial charge in [0.2, 0.25) is 0 Å². The second kappa shape index (κ2) is 2.43. The number of hydrogen-bond acceptors (Lipinski definition) is 3. The number of hydrogen-bond donors (Lipinski definition) is 2. The Kier molecular flexibility index (Phi) is 2.39. The minimum atomic E-state index is -4.10. The van der Waals surface area contributed by atoms with E-state index < -0.39 is 16.2 Å². The summed E-state index contributed by atoms with van der Waals surface area (Å²) >= 11 is 0. The molecule has 0 aliphatic rings. The van der Waals surface area contributed by atoms with Crippen molar-refractivity contribution < 1.29 is 18.1 Å². The topological polar surface area (TPSA) is 74.6 Å². The van der Waals surface area contributed by atoms with E-state index in [2.05, 4.69) is 0 Å².